The molecule has 2 aliphatic rings. The molecule has 0 bridgehead atoms. The van der Waals surface area contributed by atoms with Gasteiger partial charge in [-0.05, 0) is 24.6 Å². The van der Waals surface area contributed by atoms with Gasteiger partial charge < -0.3 is 25.4 Å². The minimum Gasteiger partial charge on any atom is -0.497 e. The summed E-state index contributed by atoms with van der Waals surface area (Å²) in [4.78, 5) is 26.1. The lowest BCUT2D eigenvalue weighted by Crippen LogP contribution is -2.44. The van der Waals surface area contributed by atoms with E-state index in [-0.39, 0.29) is 18.5 Å². The molecule has 1 aromatic carbocycles. The van der Waals surface area contributed by atoms with Gasteiger partial charge in [-0.3, -0.25) is 4.79 Å². The van der Waals surface area contributed by atoms with Crippen molar-refractivity contribution < 1.29 is 19.4 Å². The van der Waals surface area contributed by atoms with Crippen LogP contribution >= 0.6 is 0 Å². The lowest BCUT2D eigenvalue weighted by molar-refractivity contribution is -0.126. The molecule has 2 atom stereocenters. The topological polar surface area (TPSA) is 90.9 Å². The van der Waals surface area contributed by atoms with E-state index in [1.54, 1.807) is 31.1 Å². The fourth-order valence-corrected chi connectivity index (χ4v) is 2.94. The number of ether oxygens (including phenoxy) is 1. The molecule has 0 saturated heterocycles. The summed E-state index contributed by atoms with van der Waals surface area (Å²) < 4.78 is 5.13. The molecule has 2 aliphatic heterocycles. The number of nitrogens with one attached hydrogen (secondary N) is 2. The first-order valence-corrected chi connectivity index (χ1v) is 7.41. The van der Waals surface area contributed by atoms with Crippen molar-refractivity contribution in [3.63, 3.8) is 0 Å². The average molecular weight is 317 g/mol. The Bertz CT molecular complexity index is 666. The van der Waals surface area contributed by atoms with Crippen LogP contribution in [-0.2, 0) is 4.79 Å². The summed E-state index contributed by atoms with van der Waals surface area (Å²) in [5, 5.41) is 15.0. The number of rotatable bonds is 4. The van der Waals surface area contributed by atoms with E-state index in [1.165, 1.54) is 0 Å². The van der Waals surface area contributed by atoms with Gasteiger partial charge in [0, 0.05) is 6.54 Å². The highest BCUT2D eigenvalue weighted by Crippen LogP contribution is 2.33. The van der Waals surface area contributed by atoms with Gasteiger partial charge in [-0.25, -0.2) is 4.79 Å². The number of urea groups is 1. The summed E-state index contributed by atoms with van der Waals surface area (Å²) in [6.07, 6.45) is -0.622. The van der Waals surface area contributed by atoms with Gasteiger partial charge in [-0.1, -0.05) is 12.1 Å². The van der Waals surface area contributed by atoms with Gasteiger partial charge in [0.25, 0.3) is 5.91 Å². The molecule has 1 aromatic rings. The van der Waals surface area contributed by atoms with Gasteiger partial charge in [0.15, 0.2) is 0 Å². The van der Waals surface area contributed by atoms with Crippen molar-refractivity contribution in [1.29, 1.82) is 0 Å². The molecule has 122 valence electrons. The number of aliphatic hydroxyl groups is 1. The zero-order valence-electron chi connectivity index (χ0n) is 13.0. The van der Waals surface area contributed by atoms with Gasteiger partial charge in [0.05, 0.1) is 37.1 Å². The first-order valence-electron chi connectivity index (χ1n) is 7.41. The van der Waals surface area contributed by atoms with E-state index in [0.717, 1.165) is 5.56 Å². The van der Waals surface area contributed by atoms with Gasteiger partial charge in [-0.15, -0.1) is 0 Å². The van der Waals surface area contributed by atoms with Gasteiger partial charge >= 0.3 is 6.03 Å². The van der Waals surface area contributed by atoms with Crippen LogP contribution in [0.15, 0.2) is 35.5 Å². The Kier molecular flexibility index (Phi) is 3.96. The molecular weight excluding hydrogens is 298 g/mol. The predicted octanol–water partition coefficient (Wildman–Crippen LogP) is 0.526. The molecule has 3 N–H and O–H groups in total. The van der Waals surface area contributed by atoms with Crippen LogP contribution in [0.2, 0.25) is 0 Å². The van der Waals surface area contributed by atoms with Crippen molar-refractivity contribution in [2.75, 3.05) is 20.2 Å². The van der Waals surface area contributed by atoms with Crippen LogP contribution in [0, 0.1) is 0 Å². The van der Waals surface area contributed by atoms with E-state index in [9.17, 15) is 14.7 Å². The summed E-state index contributed by atoms with van der Waals surface area (Å²) in [5.41, 5.74) is 1.93. The zero-order valence-corrected chi connectivity index (χ0v) is 13.0. The number of carbonyl (C=O) groups is 2. The molecule has 3 rings (SSSR count). The number of amides is 3. The van der Waals surface area contributed by atoms with Crippen LogP contribution in [0.5, 0.6) is 5.75 Å². The molecule has 2 heterocycles. The summed E-state index contributed by atoms with van der Waals surface area (Å²) in [7, 11) is 1.58. The average Bonchev–Trinajstić information content (AvgIpc) is 2.82. The minimum atomic E-state index is -0.622. The number of β-amino-alcohol motifs (C(OH)–C–C–N with tert-alkyl or cyclic N) is 1. The van der Waals surface area contributed by atoms with Crippen LogP contribution in [0.3, 0.4) is 0 Å². The number of aliphatic hydroxyl groups excluding tert-OH is 1. The van der Waals surface area contributed by atoms with Gasteiger partial charge in [0.2, 0.25) is 0 Å². The van der Waals surface area contributed by atoms with Crippen molar-refractivity contribution in [3.05, 3.63) is 41.1 Å². The smallest absolute Gasteiger partial charge is 0.319 e. The van der Waals surface area contributed by atoms with Gasteiger partial charge in [0.1, 0.15) is 5.75 Å². The number of carbonyl (C=O) groups excluding carboxylic acids is 2. The normalized spacial score (nSPS) is 21.7. The van der Waals surface area contributed by atoms with Crippen LogP contribution in [-0.4, -0.2) is 48.2 Å². The van der Waals surface area contributed by atoms with E-state index in [1.807, 2.05) is 12.1 Å². The van der Waals surface area contributed by atoms with Crippen LogP contribution in [0.1, 0.15) is 18.5 Å². The minimum absolute atomic E-state index is 0.172. The predicted molar refractivity (Wildman–Crippen MR) is 82.7 cm³/mol. The first-order chi connectivity index (χ1) is 11.0. The fourth-order valence-electron chi connectivity index (χ4n) is 2.94. The van der Waals surface area contributed by atoms with Crippen molar-refractivity contribution in [3.8, 4) is 5.75 Å². The molecule has 7 heteroatoms. The van der Waals surface area contributed by atoms with Crippen molar-refractivity contribution in [2.45, 2.75) is 19.1 Å². The maximum absolute atomic E-state index is 12.6. The molecule has 0 spiro atoms. The second-order valence-electron chi connectivity index (χ2n) is 5.73. The third kappa shape index (κ3) is 2.87. The standard InChI is InChI=1S/C16H19N3O4/c1-9(20)7-19-8-12-13(15(19)21)14(18-16(22)17-12)10-3-5-11(23-2)6-4-10/h3-6,9,14,20H,7-8H2,1-2H3,(H2,17,18,22)/t9-,14-/m0/s1. The van der Waals surface area contributed by atoms with E-state index < -0.39 is 12.1 Å². The van der Waals surface area contributed by atoms with E-state index in [0.29, 0.717) is 23.6 Å². The Morgan fingerprint density at radius 1 is 1.35 bits per heavy atom. The van der Waals surface area contributed by atoms with Crippen molar-refractivity contribution >= 4 is 11.9 Å². The molecule has 0 radical (unpaired) electrons. The second-order valence-corrected chi connectivity index (χ2v) is 5.73. The maximum atomic E-state index is 12.6. The Morgan fingerprint density at radius 3 is 2.65 bits per heavy atom. The molecule has 0 fully saturated rings. The number of hydrogen-bond donors (Lipinski definition) is 3. The van der Waals surface area contributed by atoms with Crippen molar-refractivity contribution in [2.24, 2.45) is 0 Å². The number of hydrogen-bond acceptors (Lipinski definition) is 4. The Balaban J connectivity index is 1.92. The Hall–Kier alpha value is -2.54. The molecule has 0 aliphatic carbocycles. The highest BCUT2D eigenvalue weighted by Gasteiger charge is 2.40. The lowest BCUT2D eigenvalue weighted by atomic mass is 9.96. The van der Waals surface area contributed by atoms with Crippen LogP contribution in [0.25, 0.3) is 0 Å². The summed E-state index contributed by atoms with van der Waals surface area (Å²) >= 11 is 0. The van der Waals surface area contributed by atoms with Crippen LogP contribution < -0.4 is 15.4 Å². The van der Waals surface area contributed by atoms with E-state index >= 15 is 0 Å². The molecule has 0 unspecified atom stereocenters. The quantitative estimate of drug-likeness (QED) is 0.755. The summed E-state index contributed by atoms with van der Waals surface area (Å²) in [6, 6.07) is 6.38. The lowest BCUT2D eigenvalue weighted by Gasteiger charge is -2.25. The largest absolute Gasteiger partial charge is 0.497 e. The van der Waals surface area contributed by atoms with E-state index in [2.05, 4.69) is 10.6 Å². The summed E-state index contributed by atoms with van der Waals surface area (Å²) in [5.74, 6) is 0.533. The monoisotopic (exact) mass is 317 g/mol. The van der Waals surface area contributed by atoms with E-state index in [4.69, 9.17) is 4.74 Å². The fraction of sp³-hybridized carbons (Fsp3) is 0.375. The van der Waals surface area contributed by atoms with Gasteiger partial charge in [-0.2, -0.15) is 0 Å². The highest BCUT2D eigenvalue weighted by molar-refractivity contribution is 6.01. The SMILES string of the molecule is COc1ccc([C@@H]2NC(=O)NC3=C2C(=O)N(C[C@H](C)O)C3)cc1. The molecule has 3 amide bonds. The molecule has 23 heavy (non-hydrogen) atoms. The summed E-state index contributed by atoms with van der Waals surface area (Å²) in [6.45, 7) is 2.17. The zero-order chi connectivity index (χ0) is 16.6. The highest BCUT2D eigenvalue weighted by atomic mass is 16.5. The van der Waals surface area contributed by atoms with Crippen LogP contribution in [0.4, 0.5) is 4.79 Å². The van der Waals surface area contributed by atoms with Crippen molar-refractivity contribution in [1.82, 2.24) is 15.5 Å². The number of methoxy groups -OCH3 is 1. The number of benzene rings is 1. The second kappa shape index (κ2) is 5.92. The number of nitrogens with zero attached hydrogens (tertiary/aromatic N) is 1. The Morgan fingerprint density at radius 2 is 2.04 bits per heavy atom. The first kappa shape index (κ1) is 15.4. The molecule has 0 aromatic heterocycles. The molecular formula is C16H19N3O4. The molecule has 0 saturated carbocycles. The Labute approximate surface area is 133 Å². The molecule has 7 nitrogen and oxygen atoms in total. The third-order valence-corrected chi connectivity index (χ3v) is 3.95. The maximum Gasteiger partial charge on any atom is 0.319 e. The third-order valence-electron chi connectivity index (χ3n) is 3.95.